The van der Waals surface area contributed by atoms with E-state index in [1.54, 1.807) is 6.07 Å². The molecule has 2 aromatic carbocycles. The van der Waals surface area contributed by atoms with Crippen LogP contribution in [0.2, 0.25) is 0 Å². The lowest BCUT2D eigenvalue weighted by Gasteiger charge is -2.24. The SMILES string of the molecule is COc1ccc(-c2noc(-c3cc4n(n3)CC(c3ccc(C)cc3)OC4)n2)cc1F. The maximum Gasteiger partial charge on any atom is 0.278 e. The van der Waals surface area contributed by atoms with Gasteiger partial charge in [0.05, 0.1) is 26.0 Å². The van der Waals surface area contributed by atoms with Gasteiger partial charge in [0.2, 0.25) is 5.82 Å². The van der Waals surface area contributed by atoms with Gasteiger partial charge in [0.1, 0.15) is 6.10 Å². The Labute approximate surface area is 172 Å². The Bertz CT molecular complexity index is 1200. The summed E-state index contributed by atoms with van der Waals surface area (Å²) in [5, 5.41) is 8.57. The summed E-state index contributed by atoms with van der Waals surface area (Å²) in [5.41, 5.74) is 4.31. The highest BCUT2D eigenvalue weighted by Gasteiger charge is 2.24. The quantitative estimate of drug-likeness (QED) is 0.502. The number of halogens is 1. The van der Waals surface area contributed by atoms with E-state index in [1.165, 1.54) is 24.8 Å². The van der Waals surface area contributed by atoms with Crippen LogP contribution in [0, 0.1) is 12.7 Å². The van der Waals surface area contributed by atoms with Crippen LogP contribution in [0.15, 0.2) is 53.1 Å². The van der Waals surface area contributed by atoms with Gasteiger partial charge in [0.15, 0.2) is 17.3 Å². The lowest BCUT2D eigenvalue weighted by Crippen LogP contribution is -2.21. The predicted octanol–water partition coefficient (Wildman–Crippen LogP) is 4.33. The molecule has 0 bridgehead atoms. The molecule has 0 spiro atoms. The highest BCUT2D eigenvalue weighted by atomic mass is 19.1. The number of fused-ring (bicyclic) bond motifs is 1. The number of aryl methyl sites for hydroxylation is 1. The highest BCUT2D eigenvalue weighted by molar-refractivity contribution is 5.59. The second kappa shape index (κ2) is 7.38. The van der Waals surface area contributed by atoms with Gasteiger partial charge in [-0.15, -0.1) is 0 Å². The van der Waals surface area contributed by atoms with Crippen molar-refractivity contribution in [3.63, 3.8) is 0 Å². The maximum atomic E-state index is 14.0. The Morgan fingerprint density at radius 2 is 1.97 bits per heavy atom. The number of methoxy groups -OCH3 is 1. The number of rotatable bonds is 4. The molecule has 1 aliphatic heterocycles. The molecule has 30 heavy (non-hydrogen) atoms. The topological polar surface area (TPSA) is 75.2 Å². The van der Waals surface area contributed by atoms with E-state index in [1.807, 2.05) is 10.7 Å². The van der Waals surface area contributed by atoms with Crippen LogP contribution in [0.1, 0.15) is 22.9 Å². The molecule has 4 aromatic rings. The second-order valence-corrected chi connectivity index (χ2v) is 7.19. The molecule has 1 atom stereocenters. The first-order valence-electron chi connectivity index (χ1n) is 9.53. The molecular weight excluding hydrogens is 387 g/mol. The van der Waals surface area contributed by atoms with Crippen LogP contribution in [-0.4, -0.2) is 27.0 Å². The molecule has 0 fully saturated rings. The third-order valence-corrected chi connectivity index (χ3v) is 5.14. The molecule has 1 aliphatic rings. The van der Waals surface area contributed by atoms with E-state index in [0.717, 1.165) is 11.3 Å². The number of hydrogen-bond donors (Lipinski definition) is 0. The number of hydrogen-bond acceptors (Lipinski definition) is 6. The fourth-order valence-electron chi connectivity index (χ4n) is 3.46. The zero-order valence-electron chi connectivity index (χ0n) is 16.5. The third kappa shape index (κ3) is 3.35. The predicted molar refractivity (Wildman–Crippen MR) is 106 cm³/mol. The Kier molecular flexibility index (Phi) is 4.55. The van der Waals surface area contributed by atoms with E-state index < -0.39 is 5.82 Å². The summed E-state index contributed by atoms with van der Waals surface area (Å²) in [6.07, 6.45) is -0.0635. The molecule has 5 rings (SSSR count). The Hall–Kier alpha value is -3.52. The first-order valence-corrected chi connectivity index (χ1v) is 9.53. The van der Waals surface area contributed by atoms with E-state index in [9.17, 15) is 4.39 Å². The summed E-state index contributed by atoms with van der Waals surface area (Å²) in [4.78, 5) is 4.38. The average molecular weight is 406 g/mol. The third-order valence-electron chi connectivity index (χ3n) is 5.14. The molecule has 152 valence electrons. The minimum Gasteiger partial charge on any atom is -0.494 e. The molecule has 0 saturated carbocycles. The number of benzene rings is 2. The molecule has 3 heterocycles. The van der Waals surface area contributed by atoms with Crippen LogP contribution in [0.3, 0.4) is 0 Å². The van der Waals surface area contributed by atoms with E-state index in [0.29, 0.717) is 24.4 Å². The lowest BCUT2D eigenvalue weighted by atomic mass is 10.1. The average Bonchev–Trinajstić information content (AvgIpc) is 3.41. The van der Waals surface area contributed by atoms with Crippen molar-refractivity contribution in [3.05, 3.63) is 71.2 Å². The van der Waals surface area contributed by atoms with Crippen molar-refractivity contribution in [2.45, 2.75) is 26.2 Å². The first kappa shape index (κ1) is 18.5. The maximum absolute atomic E-state index is 14.0. The summed E-state index contributed by atoms with van der Waals surface area (Å²) < 4.78 is 32.2. The van der Waals surface area contributed by atoms with Gasteiger partial charge in [0, 0.05) is 5.56 Å². The van der Waals surface area contributed by atoms with Crippen LogP contribution in [-0.2, 0) is 17.9 Å². The van der Waals surface area contributed by atoms with Crippen molar-refractivity contribution >= 4 is 0 Å². The van der Waals surface area contributed by atoms with Crippen molar-refractivity contribution in [2.24, 2.45) is 0 Å². The van der Waals surface area contributed by atoms with Gasteiger partial charge in [-0.2, -0.15) is 10.1 Å². The van der Waals surface area contributed by atoms with Gasteiger partial charge >= 0.3 is 0 Å². The van der Waals surface area contributed by atoms with Crippen LogP contribution in [0.25, 0.3) is 23.0 Å². The molecule has 0 N–H and O–H groups in total. The van der Waals surface area contributed by atoms with Gasteiger partial charge in [-0.1, -0.05) is 35.0 Å². The lowest BCUT2D eigenvalue weighted by molar-refractivity contribution is -0.00113. The smallest absolute Gasteiger partial charge is 0.278 e. The van der Waals surface area contributed by atoms with Crippen molar-refractivity contribution in [3.8, 4) is 28.7 Å². The van der Waals surface area contributed by atoms with Crippen molar-refractivity contribution < 1.29 is 18.4 Å². The highest BCUT2D eigenvalue weighted by Crippen LogP contribution is 2.30. The Morgan fingerprint density at radius 3 is 2.73 bits per heavy atom. The zero-order chi connectivity index (χ0) is 20.7. The van der Waals surface area contributed by atoms with Gasteiger partial charge in [-0.3, -0.25) is 4.68 Å². The molecule has 0 amide bonds. The van der Waals surface area contributed by atoms with Crippen LogP contribution >= 0.6 is 0 Å². The number of aromatic nitrogens is 4. The van der Waals surface area contributed by atoms with Crippen molar-refractivity contribution in [1.29, 1.82) is 0 Å². The van der Waals surface area contributed by atoms with Crippen LogP contribution < -0.4 is 4.74 Å². The zero-order valence-corrected chi connectivity index (χ0v) is 16.5. The first-order chi connectivity index (χ1) is 14.6. The molecular formula is C22H19FN4O3. The van der Waals surface area contributed by atoms with Gasteiger partial charge in [0.25, 0.3) is 5.89 Å². The van der Waals surface area contributed by atoms with Crippen LogP contribution in [0.5, 0.6) is 5.75 Å². The van der Waals surface area contributed by atoms with Gasteiger partial charge in [-0.25, -0.2) is 4.39 Å². The minimum absolute atomic E-state index is 0.0635. The molecule has 8 heteroatoms. The van der Waals surface area contributed by atoms with Crippen molar-refractivity contribution in [1.82, 2.24) is 19.9 Å². The van der Waals surface area contributed by atoms with E-state index in [-0.39, 0.29) is 23.6 Å². The van der Waals surface area contributed by atoms with Gasteiger partial charge in [-0.05, 0) is 36.8 Å². The molecule has 7 nitrogen and oxygen atoms in total. The normalized spacial score (nSPS) is 15.8. The fraction of sp³-hybridized carbons (Fsp3) is 0.227. The molecule has 0 radical (unpaired) electrons. The van der Waals surface area contributed by atoms with E-state index >= 15 is 0 Å². The molecule has 1 unspecified atom stereocenters. The fourth-order valence-corrected chi connectivity index (χ4v) is 3.46. The number of nitrogens with zero attached hydrogens (tertiary/aromatic N) is 4. The van der Waals surface area contributed by atoms with Crippen LogP contribution in [0.4, 0.5) is 4.39 Å². The molecule has 0 aliphatic carbocycles. The summed E-state index contributed by atoms with van der Waals surface area (Å²) in [6.45, 7) is 3.10. The molecule has 2 aromatic heterocycles. The summed E-state index contributed by atoms with van der Waals surface area (Å²) >= 11 is 0. The van der Waals surface area contributed by atoms with Crippen molar-refractivity contribution in [2.75, 3.05) is 7.11 Å². The standard InChI is InChI=1S/C22H19FN4O3/c1-13-3-5-14(6-4-13)20-11-27-16(12-29-20)10-18(25-27)22-24-21(26-30-22)15-7-8-19(28-2)17(23)9-15/h3-10,20H,11-12H2,1-2H3. The summed E-state index contributed by atoms with van der Waals surface area (Å²) in [5.74, 6) is 0.229. The minimum atomic E-state index is -0.488. The Morgan fingerprint density at radius 1 is 1.13 bits per heavy atom. The summed E-state index contributed by atoms with van der Waals surface area (Å²) in [6, 6.07) is 14.7. The molecule has 0 saturated heterocycles. The van der Waals surface area contributed by atoms with E-state index in [4.69, 9.17) is 14.0 Å². The monoisotopic (exact) mass is 406 g/mol. The van der Waals surface area contributed by atoms with E-state index in [2.05, 4.69) is 46.4 Å². The summed E-state index contributed by atoms with van der Waals surface area (Å²) in [7, 11) is 1.41. The second-order valence-electron chi connectivity index (χ2n) is 7.19. The number of ether oxygens (including phenoxy) is 2. The van der Waals surface area contributed by atoms with Gasteiger partial charge < -0.3 is 14.0 Å². The largest absolute Gasteiger partial charge is 0.494 e. The Balaban J connectivity index is 1.38.